The van der Waals surface area contributed by atoms with Crippen molar-refractivity contribution in [2.24, 2.45) is 0 Å². The first-order valence-electron chi connectivity index (χ1n) is 5.52. The Kier molecular flexibility index (Phi) is 3.38. The van der Waals surface area contributed by atoms with Gasteiger partial charge in [-0.05, 0) is 24.3 Å². The van der Waals surface area contributed by atoms with E-state index in [1.165, 1.54) is 31.2 Å². The highest BCUT2D eigenvalue weighted by atomic mass is 19.1. The largest absolute Gasteiger partial charge is 0.492 e. The van der Waals surface area contributed by atoms with E-state index < -0.39 is 22.9 Å². The van der Waals surface area contributed by atoms with Crippen LogP contribution in [0.15, 0.2) is 33.9 Å². The monoisotopic (exact) mass is 279 g/mol. The van der Waals surface area contributed by atoms with E-state index in [1.54, 1.807) is 4.98 Å². The SMILES string of the molecule is CC(=O)Nc1ccc(-n2c(O)c(F)c(=O)[nH]c2=O)cc1. The van der Waals surface area contributed by atoms with Crippen molar-refractivity contribution < 1.29 is 14.3 Å². The molecule has 0 bridgehead atoms. The number of benzene rings is 1. The van der Waals surface area contributed by atoms with Crippen LogP contribution in [0, 0.1) is 5.82 Å². The predicted molar refractivity (Wildman–Crippen MR) is 68.6 cm³/mol. The molecule has 0 saturated carbocycles. The second-order valence-electron chi connectivity index (χ2n) is 3.96. The first-order chi connectivity index (χ1) is 9.40. The molecule has 0 unspecified atom stereocenters. The van der Waals surface area contributed by atoms with Crippen LogP contribution in [-0.4, -0.2) is 20.6 Å². The van der Waals surface area contributed by atoms with Crippen LogP contribution in [0.3, 0.4) is 0 Å². The number of nitrogens with zero attached hydrogens (tertiary/aromatic N) is 1. The molecule has 0 saturated heterocycles. The molecule has 0 aliphatic rings. The molecule has 7 nitrogen and oxygen atoms in total. The maximum atomic E-state index is 13.3. The van der Waals surface area contributed by atoms with Crippen LogP contribution in [0.25, 0.3) is 5.69 Å². The zero-order valence-corrected chi connectivity index (χ0v) is 10.3. The lowest BCUT2D eigenvalue weighted by Gasteiger charge is -2.09. The van der Waals surface area contributed by atoms with Gasteiger partial charge in [-0.3, -0.25) is 14.6 Å². The van der Waals surface area contributed by atoms with Crippen molar-refractivity contribution in [1.82, 2.24) is 9.55 Å². The number of carbonyl (C=O) groups excluding carboxylic acids is 1. The molecule has 104 valence electrons. The highest BCUT2D eigenvalue weighted by Crippen LogP contribution is 2.17. The van der Waals surface area contributed by atoms with Crippen molar-refractivity contribution in [2.75, 3.05) is 5.32 Å². The van der Waals surface area contributed by atoms with Gasteiger partial charge in [-0.2, -0.15) is 4.39 Å². The minimum atomic E-state index is -1.45. The van der Waals surface area contributed by atoms with E-state index in [0.717, 1.165) is 0 Å². The molecule has 1 aromatic carbocycles. The van der Waals surface area contributed by atoms with Gasteiger partial charge in [0.05, 0.1) is 5.69 Å². The van der Waals surface area contributed by atoms with E-state index >= 15 is 0 Å². The Balaban J connectivity index is 2.53. The first-order valence-corrected chi connectivity index (χ1v) is 5.52. The third kappa shape index (κ3) is 2.44. The zero-order chi connectivity index (χ0) is 14.9. The fourth-order valence-electron chi connectivity index (χ4n) is 1.64. The smallest absolute Gasteiger partial charge is 0.335 e. The minimum absolute atomic E-state index is 0.136. The average Bonchev–Trinajstić information content (AvgIpc) is 2.37. The lowest BCUT2D eigenvalue weighted by atomic mass is 10.2. The Labute approximate surface area is 111 Å². The topological polar surface area (TPSA) is 104 Å². The van der Waals surface area contributed by atoms with Gasteiger partial charge in [0.25, 0.3) is 5.56 Å². The molecular weight excluding hydrogens is 269 g/mol. The van der Waals surface area contributed by atoms with Gasteiger partial charge in [0, 0.05) is 12.6 Å². The number of hydrogen-bond donors (Lipinski definition) is 3. The third-order valence-electron chi connectivity index (χ3n) is 2.48. The Bertz CT molecular complexity index is 777. The van der Waals surface area contributed by atoms with Crippen molar-refractivity contribution in [3.8, 4) is 11.6 Å². The molecule has 3 N–H and O–H groups in total. The Morgan fingerprint density at radius 2 is 1.90 bits per heavy atom. The van der Waals surface area contributed by atoms with E-state index in [1.807, 2.05) is 0 Å². The summed E-state index contributed by atoms with van der Waals surface area (Å²) in [4.78, 5) is 35.2. The molecule has 20 heavy (non-hydrogen) atoms. The summed E-state index contributed by atoms with van der Waals surface area (Å²) >= 11 is 0. The molecule has 8 heteroatoms. The summed E-state index contributed by atoms with van der Waals surface area (Å²) in [7, 11) is 0. The molecule has 2 aromatic rings. The summed E-state index contributed by atoms with van der Waals surface area (Å²) in [6.07, 6.45) is 0. The summed E-state index contributed by atoms with van der Waals surface area (Å²) in [6, 6.07) is 5.69. The molecule has 0 radical (unpaired) electrons. The van der Waals surface area contributed by atoms with E-state index in [-0.39, 0.29) is 11.6 Å². The number of halogens is 1. The van der Waals surface area contributed by atoms with Gasteiger partial charge in [0.1, 0.15) is 0 Å². The minimum Gasteiger partial charge on any atom is -0.492 e. The van der Waals surface area contributed by atoms with Crippen LogP contribution < -0.4 is 16.6 Å². The molecule has 0 aliphatic carbocycles. The van der Waals surface area contributed by atoms with Gasteiger partial charge < -0.3 is 10.4 Å². The Morgan fingerprint density at radius 1 is 1.30 bits per heavy atom. The van der Waals surface area contributed by atoms with Gasteiger partial charge in [-0.25, -0.2) is 9.36 Å². The number of amides is 1. The average molecular weight is 279 g/mol. The fraction of sp³-hybridized carbons (Fsp3) is 0.0833. The second kappa shape index (κ2) is 5.00. The molecule has 0 fully saturated rings. The van der Waals surface area contributed by atoms with E-state index in [4.69, 9.17) is 0 Å². The third-order valence-corrected chi connectivity index (χ3v) is 2.48. The molecular formula is C12H10FN3O4. The van der Waals surface area contributed by atoms with Crippen molar-refractivity contribution >= 4 is 11.6 Å². The highest BCUT2D eigenvalue weighted by molar-refractivity contribution is 5.88. The highest BCUT2D eigenvalue weighted by Gasteiger charge is 2.14. The first kappa shape index (κ1) is 13.5. The molecule has 0 aliphatic heterocycles. The lowest BCUT2D eigenvalue weighted by Crippen LogP contribution is -2.30. The summed E-state index contributed by atoms with van der Waals surface area (Å²) in [5, 5.41) is 12.0. The van der Waals surface area contributed by atoms with Crippen LogP contribution in [0.2, 0.25) is 0 Å². The number of aromatic amines is 1. The summed E-state index contributed by atoms with van der Waals surface area (Å²) in [5.74, 6) is -2.80. The predicted octanol–water partition coefficient (Wildman–Crippen LogP) is 0.329. The molecule has 0 spiro atoms. The Hall–Kier alpha value is -2.90. The fourth-order valence-corrected chi connectivity index (χ4v) is 1.64. The van der Waals surface area contributed by atoms with Crippen molar-refractivity contribution in [3.63, 3.8) is 0 Å². The second-order valence-corrected chi connectivity index (χ2v) is 3.96. The van der Waals surface area contributed by atoms with E-state index in [9.17, 15) is 23.9 Å². The van der Waals surface area contributed by atoms with Crippen LogP contribution in [-0.2, 0) is 4.79 Å². The number of nitrogens with one attached hydrogen (secondary N) is 2. The lowest BCUT2D eigenvalue weighted by molar-refractivity contribution is -0.114. The van der Waals surface area contributed by atoms with Crippen LogP contribution in [0.5, 0.6) is 5.88 Å². The molecule has 1 aromatic heterocycles. The normalized spacial score (nSPS) is 10.3. The molecule has 2 rings (SSSR count). The van der Waals surface area contributed by atoms with Crippen molar-refractivity contribution in [2.45, 2.75) is 6.92 Å². The van der Waals surface area contributed by atoms with Gasteiger partial charge in [0.2, 0.25) is 17.6 Å². The number of rotatable bonds is 2. The molecule has 1 heterocycles. The summed E-state index contributed by atoms with van der Waals surface area (Å²) in [5.41, 5.74) is -1.66. The van der Waals surface area contributed by atoms with E-state index in [2.05, 4.69) is 5.32 Å². The maximum absolute atomic E-state index is 13.3. The van der Waals surface area contributed by atoms with Crippen molar-refractivity contribution in [3.05, 3.63) is 50.9 Å². The number of aromatic hydroxyl groups is 1. The van der Waals surface area contributed by atoms with Gasteiger partial charge in [-0.15, -0.1) is 0 Å². The number of aromatic nitrogens is 2. The summed E-state index contributed by atoms with van der Waals surface area (Å²) in [6.45, 7) is 1.33. The van der Waals surface area contributed by atoms with Gasteiger partial charge >= 0.3 is 5.69 Å². The number of hydrogen-bond acceptors (Lipinski definition) is 4. The van der Waals surface area contributed by atoms with E-state index in [0.29, 0.717) is 10.3 Å². The van der Waals surface area contributed by atoms with Gasteiger partial charge in [0.15, 0.2) is 0 Å². The number of anilines is 1. The number of H-pyrrole nitrogens is 1. The Morgan fingerprint density at radius 3 is 2.45 bits per heavy atom. The molecule has 1 amide bonds. The van der Waals surface area contributed by atoms with Crippen molar-refractivity contribution in [1.29, 1.82) is 0 Å². The van der Waals surface area contributed by atoms with Crippen LogP contribution >= 0.6 is 0 Å². The molecule has 0 atom stereocenters. The quantitative estimate of drug-likeness (QED) is 0.736. The number of carbonyl (C=O) groups is 1. The standard InChI is InChI=1S/C12H10FN3O4/c1-6(17)14-7-2-4-8(5-3-7)16-11(19)9(13)10(18)15-12(16)20/h2-5,19H,1H3,(H,14,17)(H,15,18,20). The van der Waals surface area contributed by atoms with Crippen LogP contribution in [0.1, 0.15) is 6.92 Å². The van der Waals surface area contributed by atoms with Gasteiger partial charge in [-0.1, -0.05) is 0 Å². The summed E-state index contributed by atoms with van der Waals surface area (Å²) < 4.78 is 13.9. The maximum Gasteiger partial charge on any atom is 0.335 e. The zero-order valence-electron chi connectivity index (χ0n) is 10.3. The van der Waals surface area contributed by atoms with Crippen LogP contribution in [0.4, 0.5) is 10.1 Å².